The van der Waals surface area contributed by atoms with Gasteiger partial charge in [0.25, 0.3) is 0 Å². The zero-order valence-electron chi connectivity index (χ0n) is 9.81. The molecule has 0 aliphatic heterocycles. The number of rotatable bonds is 0. The Labute approximate surface area is 97.6 Å². The van der Waals surface area contributed by atoms with Crippen LogP contribution in [0.2, 0.25) is 0 Å². The van der Waals surface area contributed by atoms with Gasteiger partial charge in [0.1, 0.15) is 0 Å². The summed E-state index contributed by atoms with van der Waals surface area (Å²) in [6.07, 6.45) is 3.59. The molecule has 0 heterocycles. The van der Waals surface area contributed by atoms with Crippen LogP contribution in [0.15, 0.2) is 12.1 Å². The van der Waals surface area contributed by atoms with Crippen LogP contribution < -0.4 is 0 Å². The monoisotopic (exact) mass is 222 g/mol. The van der Waals surface area contributed by atoms with Crippen molar-refractivity contribution in [2.75, 3.05) is 0 Å². The van der Waals surface area contributed by atoms with E-state index >= 15 is 0 Å². The summed E-state index contributed by atoms with van der Waals surface area (Å²) in [4.78, 5) is 0. The molecule has 1 aliphatic rings. The minimum Gasteiger partial charge on any atom is -0.118 e. The van der Waals surface area contributed by atoms with Crippen molar-refractivity contribution < 1.29 is 0 Å². The molecule has 0 saturated heterocycles. The Hall–Kier alpha value is -0.490. The molecule has 2 unspecified atom stereocenters. The molecule has 0 N–H and O–H groups in total. The number of aryl methyl sites for hydroxylation is 3. The summed E-state index contributed by atoms with van der Waals surface area (Å²) >= 11 is 6.47. The first-order valence-electron chi connectivity index (χ1n) is 5.82. The highest BCUT2D eigenvalue weighted by Gasteiger charge is 2.21. The average molecular weight is 223 g/mol. The largest absolute Gasteiger partial charge is 0.118 e. The highest BCUT2D eigenvalue weighted by Crippen LogP contribution is 2.37. The van der Waals surface area contributed by atoms with Crippen molar-refractivity contribution in [2.45, 2.75) is 45.4 Å². The van der Waals surface area contributed by atoms with Crippen LogP contribution in [0, 0.1) is 19.8 Å². The van der Waals surface area contributed by atoms with Crippen LogP contribution in [0.3, 0.4) is 0 Å². The molecule has 0 bridgehead atoms. The van der Waals surface area contributed by atoms with Gasteiger partial charge in [-0.15, -0.1) is 11.6 Å². The maximum Gasteiger partial charge on any atom is 0.0590 e. The third-order valence-electron chi connectivity index (χ3n) is 3.61. The Morgan fingerprint density at radius 1 is 1.20 bits per heavy atom. The third kappa shape index (κ3) is 2.20. The molecular weight excluding hydrogens is 204 g/mol. The van der Waals surface area contributed by atoms with Crippen LogP contribution in [0.1, 0.15) is 47.4 Å². The van der Waals surface area contributed by atoms with Crippen LogP contribution >= 0.6 is 11.6 Å². The van der Waals surface area contributed by atoms with E-state index in [2.05, 4.69) is 32.9 Å². The summed E-state index contributed by atoms with van der Waals surface area (Å²) in [5.74, 6) is 0.750. The van der Waals surface area contributed by atoms with Crippen LogP contribution in [0.4, 0.5) is 0 Å². The zero-order valence-corrected chi connectivity index (χ0v) is 10.6. The van der Waals surface area contributed by atoms with Gasteiger partial charge < -0.3 is 0 Å². The fourth-order valence-corrected chi connectivity index (χ4v) is 2.91. The van der Waals surface area contributed by atoms with Gasteiger partial charge in [-0.3, -0.25) is 0 Å². The number of hydrogen-bond donors (Lipinski definition) is 0. The van der Waals surface area contributed by atoms with Gasteiger partial charge in [0, 0.05) is 0 Å². The minimum absolute atomic E-state index is 0.219. The van der Waals surface area contributed by atoms with Crippen molar-refractivity contribution >= 4 is 11.6 Å². The molecule has 0 aromatic heterocycles. The molecule has 0 nitrogen and oxygen atoms in total. The molecule has 0 spiro atoms. The predicted molar refractivity (Wildman–Crippen MR) is 66.6 cm³/mol. The summed E-state index contributed by atoms with van der Waals surface area (Å²) in [5.41, 5.74) is 5.62. The van der Waals surface area contributed by atoms with Crippen LogP contribution in [-0.4, -0.2) is 0 Å². The summed E-state index contributed by atoms with van der Waals surface area (Å²) in [6.45, 7) is 6.67. The normalized spacial score (nSPS) is 25.9. The van der Waals surface area contributed by atoms with E-state index in [-0.39, 0.29) is 5.38 Å². The van der Waals surface area contributed by atoms with E-state index in [1.165, 1.54) is 35.1 Å². The van der Waals surface area contributed by atoms with Gasteiger partial charge in [0.15, 0.2) is 0 Å². The number of halogens is 1. The van der Waals surface area contributed by atoms with Gasteiger partial charge in [-0.25, -0.2) is 0 Å². The highest BCUT2D eigenvalue weighted by atomic mass is 35.5. The zero-order chi connectivity index (χ0) is 11.0. The second-order valence-electron chi connectivity index (χ2n) is 4.98. The van der Waals surface area contributed by atoms with Crippen molar-refractivity contribution in [3.63, 3.8) is 0 Å². The van der Waals surface area contributed by atoms with E-state index in [4.69, 9.17) is 11.6 Å². The van der Waals surface area contributed by atoms with E-state index in [9.17, 15) is 0 Å². The number of fused-ring (bicyclic) bond motifs is 1. The lowest BCUT2D eigenvalue weighted by molar-refractivity contribution is 0.503. The molecule has 1 aromatic rings. The molecule has 0 amide bonds. The van der Waals surface area contributed by atoms with E-state index in [1.807, 2.05) is 0 Å². The molecule has 0 fully saturated rings. The first-order valence-corrected chi connectivity index (χ1v) is 6.25. The lowest BCUT2D eigenvalue weighted by atomic mass is 9.97. The molecule has 0 saturated carbocycles. The fourth-order valence-electron chi connectivity index (χ4n) is 2.41. The van der Waals surface area contributed by atoms with Crippen molar-refractivity contribution in [1.29, 1.82) is 0 Å². The van der Waals surface area contributed by atoms with E-state index in [0.717, 1.165) is 12.3 Å². The van der Waals surface area contributed by atoms with Crippen molar-refractivity contribution in [1.82, 2.24) is 0 Å². The summed E-state index contributed by atoms with van der Waals surface area (Å²) in [5, 5.41) is 0.219. The van der Waals surface area contributed by atoms with Gasteiger partial charge in [0.05, 0.1) is 5.38 Å². The molecule has 0 radical (unpaired) electrons. The highest BCUT2D eigenvalue weighted by molar-refractivity contribution is 6.21. The SMILES string of the molecule is Cc1cc2c(cc1C)C(Cl)CC(C)CC2. The minimum atomic E-state index is 0.219. The number of benzene rings is 1. The second kappa shape index (κ2) is 4.17. The third-order valence-corrected chi connectivity index (χ3v) is 4.02. The summed E-state index contributed by atoms with van der Waals surface area (Å²) in [7, 11) is 0. The number of hydrogen-bond acceptors (Lipinski definition) is 0. The van der Waals surface area contributed by atoms with Crippen LogP contribution in [0.5, 0.6) is 0 Å². The lowest BCUT2D eigenvalue weighted by Crippen LogP contribution is -1.97. The molecule has 2 rings (SSSR count). The first-order chi connectivity index (χ1) is 7.08. The Bertz CT molecular complexity index is 368. The maximum absolute atomic E-state index is 6.47. The van der Waals surface area contributed by atoms with E-state index < -0.39 is 0 Å². The van der Waals surface area contributed by atoms with Crippen LogP contribution in [0.25, 0.3) is 0 Å². The van der Waals surface area contributed by atoms with Gasteiger partial charge in [0.2, 0.25) is 0 Å². The smallest absolute Gasteiger partial charge is 0.0590 e. The molecule has 82 valence electrons. The number of alkyl halides is 1. The lowest BCUT2D eigenvalue weighted by Gasteiger charge is -2.14. The fraction of sp³-hybridized carbons (Fsp3) is 0.571. The Balaban J connectivity index is 2.45. The van der Waals surface area contributed by atoms with Gasteiger partial charge >= 0.3 is 0 Å². The Kier molecular flexibility index (Phi) is 3.06. The van der Waals surface area contributed by atoms with Crippen molar-refractivity contribution in [2.24, 2.45) is 5.92 Å². The standard InChI is InChI=1S/C14H19Cl/c1-9-4-5-12-7-10(2)11(3)8-13(12)14(15)6-9/h7-9,14H,4-6H2,1-3H3. The maximum atomic E-state index is 6.47. The molecule has 1 aromatic carbocycles. The van der Waals surface area contributed by atoms with Gasteiger partial charge in [-0.1, -0.05) is 19.1 Å². The first kappa shape index (κ1) is 11.0. The topological polar surface area (TPSA) is 0 Å². The molecule has 2 atom stereocenters. The van der Waals surface area contributed by atoms with Gasteiger partial charge in [-0.05, 0) is 61.3 Å². The summed E-state index contributed by atoms with van der Waals surface area (Å²) in [6, 6.07) is 4.62. The van der Waals surface area contributed by atoms with E-state index in [1.54, 1.807) is 0 Å². The van der Waals surface area contributed by atoms with Gasteiger partial charge in [-0.2, -0.15) is 0 Å². The average Bonchev–Trinajstić information content (AvgIpc) is 2.30. The van der Waals surface area contributed by atoms with E-state index in [0.29, 0.717) is 0 Å². The summed E-state index contributed by atoms with van der Waals surface area (Å²) < 4.78 is 0. The molecule has 15 heavy (non-hydrogen) atoms. The predicted octanol–water partition coefficient (Wildman–Crippen LogP) is 4.56. The van der Waals surface area contributed by atoms with Crippen molar-refractivity contribution in [3.8, 4) is 0 Å². The quantitative estimate of drug-likeness (QED) is 0.446. The molecule has 1 heteroatoms. The Morgan fingerprint density at radius 2 is 1.87 bits per heavy atom. The molecule has 1 aliphatic carbocycles. The van der Waals surface area contributed by atoms with Crippen molar-refractivity contribution in [3.05, 3.63) is 34.4 Å². The second-order valence-corrected chi connectivity index (χ2v) is 5.51. The van der Waals surface area contributed by atoms with Crippen LogP contribution in [-0.2, 0) is 6.42 Å². The Morgan fingerprint density at radius 3 is 2.60 bits per heavy atom. The molecular formula is C14H19Cl.